The van der Waals surface area contributed by atoms with Crippen molar-refractivity contribution >= 4 is 17.5 Å². The Hall–Kier alpha value is -1.06. The molecule has 1 aromatic rings. The summed E-state index contributed by atoms with van der Waals surface area (Å²) in [5.41, 5.74) is 2.44. The Morgan fingerprint density at radius 2 is 1.89 bits per heavy atom. The van der Waals surface area contributed by atoms with E-state index in [-0.39, 0.29) is 5.91 Å². The van der Waals surface area contributed by atoms with Crippen molar-refractivity contribution < 1.29 is 4.79 Å². The molecule has 0 atom stereocenters. The summed E-state index contributed by atoms with van der Waals surface area (Å²) in [6, 6.07) is 8.21. The standard InChI is InChI=1S/C15H23ClN2O/c1-18(2)12-14-8-4-3-7-13(14)11-17-15(19)9-5-6-10-16/h3-4,7-8H,5-6,9-12H2,1-2H3,(H,17,19). The first-order valence-electron chi connectivity index (χ1n) is 6.67. The molecule has 0 aliphatic rings. The zero-order chi connectivity index (χ0) is 14.1. The number of nitrogens with one attached hydrogen (secondary N) is 1. The molecule has 3 nitrogen and oxygen atoms in total. The van der Waals surface area contributed by atoms with Crippen LogP contribution < -0.4 is 5.32 Å². The second-order valence-corrected chi connectivity index (χ2v) is 5.31. The van der Waals surface area contributed by atoms with Crippen LogP contribution in [0.2, 0.25) is 0 Å². The SMILES string of the molecule is CN(C)Cc1ccccc1CNC(=O)CCCCCl. The van der Waals surface area contributed by atoms with E-state index in [2.05, 4.69) is 22.3 Å². The lowest BCUT2D eigenvalue weighted by Crippen LogP contribution is -2.23. The van der Waals surface area contributed by atoms with Crippen LogP contribution in [0.1, 0.15) is 30.4 Å². The monoisotopic (exact) mass is 282 g/mol. The smallest absolute Gasteiger partial charge is 0.220 e. The first-order valence-corrected chi connectivity index (χ1v) is 7.21. The van der Waals surface area contributed by atoms with Crippen molar-refractivity contribution in [1.82, 2.24) is 10.2 Å². The fraction of sp³-hybridized carbons (Fsp3) is 0.533. The minimum atomic E-state index is 0.102. The Bertz CT molecular complexity index is 393. The van der Waals surface area contributed by atoms with Gasteiger partial charge in [-0.1, -0.05) is 24.3 Å². The van der Waals surface area contributed by atoms with Crippen LogP contribution in [0, 0.1) is 0 Å². The highest BCUT2D eigenvalue weighted by atomic mass is 35.5. The lowest BCUT2D eigenvalue weighted by Gasteiger charge is -2.14. The van der Waals surface area contributed by atoms with Gasteiger partial charge in [0.05, 0.1) is 0 Å². The summed E-state index contributed by atoms with van der Waals surface area (Å²) in [7, 11) is 4.09. The van der Waals surface area contributed by atoms with Gasteiger partial charge < -0.3 is 10.2 Å². The van der Waals surface area contributed by atoms with Crippen LogP contribution in [0.4, 0.5) is 0 Å². The third-order valence-electron chi connectivity index (χ3n) is 2.87. The Morgan fingerprint density at radius 1 is 1.21 bits per heavy atom. The van der Waals surface area contributed by atoms with E-state index in [0.717, 1.165) is 19.4 Å². The van der Waals surface area contributed by atoms with Gasteiger partial charge >= 0.3 is 0 Å². The maximum absolute atomic E-state index is 11.7. The molecular formula is C15H23ClN2O. The molecule has 4 heteroatoms. The van der Waals surface area contributed by atoms with Gasteiger partial charge in [0.25, 0.3) is 0 Å². The van der Waals surface area contributed by atoms with Crippen LogP contribution in [-0.2, 0) is 17.9 Å². The molecule has 0 aliphatic heterocycles. The Balaban J connectivity index is 2.46. The van der Waals surface area contributed by atoms with Gasteiger partial charge in [0.1, 0.15) is 0 Å². The molecule has 0 heterocycles. The van der Waals surface area contributed by atoms with Gasteiger partial charge in [0.2, 0.25) is 5.91 Å². The molecular weight excluding hydrogens is 260 g/mol. The number of carbonyl (C=O) groups is 1. The van der Waals surface area contributed by atoms with E-state index in [1.807, 2.05) is 26.2 Å². The largest absolute Gasteiger partial charge is 0.352 e. The van der Waals surface area contributed by atoms with Crippen molar-refractivity contribution in [3.05, 3.63) is 35.4 Å². The molecule has 106 valence electrons. The van der Waals surface area contributed by atoms with Gasteiger partial charge in [-0.25, -0.2) is 0 Å². The number of nitrogens with zero attached hydrogens (tertiary/aromatic N) is 1. The van der Waals surface area contributed by atoms with E-state index in [1.165, 1.54) is 11.1 Å². The zero-order valence-electron chi connectivity index (χ0n) is 11.8. The van der Waals surface area contributed by atoms with Crippen molar-refractivity contribution in [2.24, 2.45) is 0 Å². The lowest BCUT2D eigenvalue weighted by atomic mass is 10.1. The molecule has 0 aliphatic carbocycles. The fourth-order valence-corrected chi connectivity index (χ4v) is 2.08. The third kappa shape index (κ3) is 6.60. The van der Waals surface area contributed by atoms with Crippen LogP contribution in [0.5, 0.6) is 0 Å². The molecule has 0 radical (unpaired) electrons. The van der Waals surface area contributed by atoms with Crippen LogP contribution in [0.15, 0.2) is 24.3 Å². The summed E-state index contributed by atoms with van der Waals surface area (Å²) in [5, 5.41) is 2.97. The molecule has 1 rings (SSSR count). The molecule has 0 saturated carbocycles. The normalized spacial score (nSPS) is 10.7. The number of amides is 1. The number of rotatable bonds is 8. The first-order chi connectivity index (χ1) is 9.13. The summed E-state index contributed by atoms with van der Waals surface area (Å²) < 4.78 is 0. The van der Waals surface area contributed by atoms with Crippen molar-refractivity contribution in [2.75, 3.05) is 20.0 Å². The van der Waals surface area contributed by atoms with Gasteiger partial charge in [0.15, 0.2) is 0 Å². The third-order valence-corrected chi connectivity index (χ3v) is 3.14. The first kappa shape index (κ1) is 16.0. The number of hydrogen-bond acceptors (Lipinski definition) is 2. The van der Waals surface area contributed by atoms with E-state index < -0.39 is 0 Å². The molecule has 0 fully saturated rings. The summed E-state index contributed by atoms with van der Waals surface area (Å²) in [6.07, 6.45) is 2.31. The fourth-order valence-electron chi connectivity index (χ4n) is 1.89. The van der Waals surface area contributed by atoms with Crippen LogP contribution >= 0.6 is 11.6 Å². The summed E-state index contributed by atoms with van der Waals surface area (Å²) in [4.78, 5) is 13.8. The average molecular weight is 283 g/mol. The minimum Gasteiger partial charge on any atom is -0.352 e. The molecule has 19 heavy (non-hydrogen) atoms. The maximum Gasteiger partial charge on any atom is 0.220 e. The van der Waals surface area contributed by atoms with Crippen LogP contribution in [0.25, 0.3) is 0 Å². The summed E-state index contributed by atoms with van der Waals surface area (Å²) in [5.74, 6) is 0.726. The molecule has 0 unspecified atom stereocenters. The molecule has 1 aromatic carbocycles. The highest BCUT2D eigenvalue weighted by molar-refractivity contribution is 6.17. The number of unbranched alkanes of at least 4 members (excludes halogenated alkanes) is 1. The van der Waals surface area contributed by atoms with Gasteiger partial charge in [-0.05, 0) is 38.1 Å². The zero-order valence-corrected chi connectivity index (χ0v) is 12.5. The molecule has 1 N–H and O–H groups in total. The second-order valence-electron chi connectivity index (χ2n) is 4.93. The number of hydrogen-bond donors (Lipinski definition) is 1. The number of carbonyl (C=O) groups excluding carboxylic acids is 1. The van der Waals surface area contributed by atoms with E-state index in [0.29, 0.717) is 18.8 Å². The van der Waals surface area contributed by atoms with Gasteiger partial charge in [-0.3, -0.25) is 4.79 Å². The van der Waals surface area contributed by atoms with E-state index in [1.54, 1.807) is 0 Å². The molecule has 0 bridgehead atoms. The van der Waals surface area contributed by atoms with E-state index >= 15 is 0 Å². The topological polar surface area (TPSA) is 32.3 Å². The number of benzene rings is 1. The van der Waals surface area contributed by atoms with Crippen LogP contribution in [0.3, 0.4) is 0 Å². The van der Waals surface area contributed by atoms with Gasteiger partial charge in [-0.15, -0.1) is 11.6 Å². The quantitative estimate of drug-likeness (QED) is 0.587. The predicted molar refractivity (Wildman–Crippen MR) is 80.3 cm³/mol. The van der Waals surface area contributed by atoms with Gasteiger partial charge in [0, 0.05) is 25.4 Å². The molecule has 0 aromatic heterocycles. The Morgan fingerprint density at radius 3 is 2.53 bits per heavy atom. The Labute approximate surface area is 120 Å². The summed E-state index contributed by atoms with van der Waals surface area (Å²) >= 11 is 5.59. The highest BCUT2D eigenvalue weighted by Gasteiger charge is 2.05. The van der Waals surface area contributed by atoms with Crippen molar-refractivity contribution in [2.45, 2.75) is 32.4 Å². The minimum absolute atomic E-state index is 0.102. The Kier molecular flexibility index (Phi) is 7.53. The lowest BCUT2D eigenvalue weighted by molar-refractivity contribution is -0.121. The second kappa shape index (κ2) is 8.94. The van der Waals surface area contributed by atoms with Crippen LogP contribution in [-0.4, -0.2) is 30.8 Å². The van der Waals surface area contributed by atoms with E-state index in [4.69, 9.17) is 11.6 Å². The predicted octanol–water partition coefficient (Wildman–Crippen LogP) is 2.77. The summed E-state index contributed by atoms with van der Waals surface area (Å²) in [6.45, 7) is 1.49. The van der Waals surface area contributed by atoms with Crippen molar-refractivity contribution in [3.8, 4) is 0 Å². The van der Waals surface area contributed by atoms with Crippen molar-refractivity contribution in [1.29, 1.82) is 0 Å². The number of alkyl halides is 1. The maximum atomic E-state index is 11.7. The number of halogens is 1. The van der Waals surface area contributed by atoms with Gasteiger partial charge in [-0.2, -0.15) is 0 Å². The molecule has 0 saturated heterocycles. The molecule has 0 spiro atoms. The molecule has 1 amide bonds. The average Bonchev–Trinajstić information content (AvgIpc) is 2.37. The highest BCUT2D eigenvalue weighted by Crippen LogP contribution is 2.10. The van der Waals surface area contributed by atoms with E-state index in [9.17, 15) is 4.79 Å². The van der Waals surface area contributed by atoms with Crippen molar-refractivity contribution in [3.63, 3.8) is 0 Å².